The Morgan fingerprint density at radius 3 is 1.28 bits per heavy atom. The number of aliphatic carboxylic acids is 1. The first-order valence-corrected chi connectivity index (χ1v) is 11.6. The number of carboxylic acid groups (broad SMARTS) is 1. The summed E-state index contributed by atoms with van der Waals surface area (Å²) in [6.45, 7) is 2.27. The molecular weight excluding hydrogens is 416 g/mol. The van der Waals surface area contributed by atoms with Crippen LogP contribution in [-0.2, 0) is 14.5 Å². The quantitative estimate of drug-likeness (QED) is 0.0760. The summed E-state index contributed by atoms with van der Waals surface area (Å²) in [5.41, 5.74) is 12.9. The van der Waals surface area contributed by atoms with E-state index >= 15 is 0 Å². The minimum absolute atomic E-state index is 0.345. The lowest BCUT2D eigenvalue weighted by Crippen LogP contribution is -2.37. The summed E-state index contributed by atoms with van der Waals surface area (Å²) in [7, 11) is 0. The van der Waals surface area contributed by atoms with Crippen molar-refractivity contribution >= 4 is 24.0 Å². The van der Waals surface area contributed by atoms with Crippen molar-refractivity contribution in [2.75, 3.05) is 0 Å². The zero-order valence-electron chi connectivity index (χ0n) is 19.5. The number of hydrogen-bond acceptors (Lipinski definition) is 6. The van der Waals surface area contributed by atoms with Crippen LogP contribution in [0.15, 0.2) is 0 Å². The fourth-order valence-electron chi connectivity index (χ4n) is 2.86. The maximum atomic E-state index is 10.4. The van der Waals surface area contributed by atoms with Gasteiger partial charge in [-0.1, -0.05) is 96.8 Å². The fraction of sp³-hybridized carbons (Fsp3) is 0.810. The maximum Gasteiger partial charge on any atom is 0.558 e. The van der Waals surface area contributed by atoms with Gasteiger partial charge >= 0.3 is 12.1 Å². The molecule has 9 N–H and O–H groups in total. The largest absolute Gasteiger partial charge is 0.558 e. The lowest BCUT2D eigenvalue weighted by atomic mass is 10.0. The first-order chi connectivity index (χ1) is 15.3. The molecule has 0 saturated carbocycles. The van der Waals surface area contributed by atoms with Gasteiger partial charge in [-0.25, -0.2) is 0 Å². The van der Waals surface area contributed by atoms with Crippen LogP contribution in [0.2, 0.25) is 0 Å². The molecule has 32 heavy (non-hydrogen) atoms. The molecule has 188 valence electrons. The molecule has 0 unspecified atom stereocenters. The van der Waals surface area contributed by atoms with Crippen LogP contribution in [0.1, 0.15) is 110 Å². The Morgan fingerprint density at radius 2 is 1.00 bits per heavy atom. The van der Waals surface area contributed by atoms with Crippen LogP contribution in [-0.4, -0.2) is 29.2 Å². The number of guanidine groups is 2. The van der Waals surface area contributed by atoms with Gasteiger partial charge in [0, 0.05) is 6.42 Å². The van der Waals surface area contributed by atoms with E-state index in [9.17, 15) is 9.59 Å². The second-order valence-electron chi connectivity index (χ2n) is 7.58. The van der Waals surface area contributed by atoms with Gasteiger partial charge in [-0.2, -0.15) is 15.8 Å². The average Bonchev–Trinajstić information content (AvgIpc) is 2.73. The Bertz CT molecular complexity index is 485. The normalized spacial score (nSPS) is 9.78. The Morgan fingerprint density at radius 1 is 0.688 bits per heavy atom. The molecule has 0 aromatic carbocycles. The topological polar surface area (TPSA) is 197 Å². The molecule has 11 heteroatoms. The molecular formula is C21H44N6O5. The fourth-order valence-corrected chi connectivity index (χ4v) is 2.86. The van der Waals surface area contributed by atoms with Crippen molar-refractivity contribution in [1.82, 2.24) is 11.0 Å². The Kier molecular flexibility index (Phi) is 24.1. The molecule has 0 heterocycles. The van der Waals surface area contributed by atoms with E-state index in [0.29, 0.717) is 6.42 Å². The van der Waals surface area contributed by atoms with Crippen LogP contribution in [0.3, 0.4) is 0 Å². The van der Waals surface area contributed by atoms with Gasteiger partial charge < -0.3 is 26.2 Å². The third kappa shape index (κ3) is 32.0. The molecule has 0 fully saturated rings. The smallest absolute Gasteiger partial charge is 0.481 e. The van der Waals surface area contributed by atoms with Crippen molar-refractivity contribution < 1.29 is 24.4 Å². The number of rotatable bonds is 16. The second-order valence-corrected chi connectivity index (χ2v) is 7.58. The highest BCUT2D eigenvalue weighted by atomic mass is 16.9. The standard InChI is InChI=1S/C18H36O2.C3H8N6O3/c1-2-3-4-5-6-7-8-9-10-11-12-13-14-15-16-17-18(19)20;4-1(5)8-11-3(10)12-9-2(6)7/h2-17H2,1H3,(H,19,20);(H4,4,5,8)(H4,6,7,9). The van der Waals surface area contributed by atoms with E-state index in [2.05, 4.69) is 16.6 Å². The van der Waals surface area contributed by atoms with Gasteiger partial charge in [-0.05, 0) is 6.42 Å². The van der Waals surface area contributed by atoms with Gasteiger partial charge in [-0.3, -0.25) is 15.6 Å². The molecule has 0 radical (unpaired) electrons. The van der Waals surface area contributed by atoms with Crippen molar-refractivity contribution in [3.63, 3.8) is 0 Å². The van der Waals surface area contributed by atoms with E-state index in [4.69, 9.17) is 27.4 Å². The summed E-state index contributed by atoms with van der Waals surface area (Å²) in [6.07, 6.45) is 19.0. The van der Waals surface area contributed by atoms with Crippen molar-refractivity contribution in [2.24, 2.45) is 11.5 Å². The Labute approximate surface area is 191 Å². The van der Waals surface area contributed by atoms with Crippen molar-refractivity contribution in [3.8, 4) is 0 Å². The van der Waals surface area contributed by atoms with E-state index in [1.54, 1.807) is 11.0 Å². The van der Waals surface area contributed by atoms with E-state index in [-0.39, 0.29) is 0 Å². The summed E-state index contributed by atoms with van der Waals surface area (Å²) in [6, 6.07) is 0. The second kappa shape index (κ2) is 24.5. The van der Waals surface area contributed by atoms with Crippen LogP contribution >= 0.6 is 0 Å². The van der Waals surface area contributed by atoms with Crippen LogP contribution in [0, 0.1) is 10.8 Å². The molecule has 0 aliphatic carbocycles. The zero-order chi connectivity index (χ0) is 24.5. The molecule has 0 spiro atoms. The van der Waals surface area contributed by atoms with E-state index < -0.39 is 24.0 Å². The van der Waals surface area contributed by atoms with Crippen LogP contribution in [0.25, 0.3) is 0 Å². The highest BCUT2D eigenvalue weighted by Gasteiger charge is 2.04. The third-order valence-electron chi connectivity index (χ3n) is 4.48. The van der Waals surface area contributed by atoms with Gasteiger partial charge in [0.1, 0.15) is 0 Å². The lowest BCUT2D eigenvalue weighted by molar-refractivity contribution is -0.137. The van der Waals surface area contributed by atoms with Crippen LogP contribution in [0.5, 0.6) is 0 Å². The molecule has 0 amide bonds. The van der Waals surface area contributed by atoms with Crippen molar-refractivity contribution in [3.05, 3.63) is 0 Å². The van der Waals surface area contributed by atoms with E-state index in [0.717, 1.165) is 12.8 Å². The van der Waals surface area contributed by atoms with E-state index in [1.807, 2.05) is 0 Å². The number of carboxylic acids is 1. The first-order valence-electron chi connectivity index (χ1n) is 11.6. The molecule has 0 aliphatic heterocycles. The van der Waals surface area contributed by atoms with Crippen LogP contribution < -0.4 is 22.4 Å². The molecule has 0 aliphatic rings. The minimum atomic E-state index is -1.22. The van der Waals surface area contributed by atoms with Crippen molar-refractivity contribution in [1.29, 1.82) is 10.8 Å². The third-order valence-corrected chi connectivity index (χ3v) is 4.48. The van der Waals surface area contributed by atoms with Gasteiger partial charge in [-0.15, -0.1) is 0 Å². The summed E-state index contributed by atoms with van der Waals surface area (Å²) < 4.78 is 0. The molecule has 0 rings (SSSR count). The molecule has 0 aromatic rings. The summed E-state index contributed by atoms with van der Waals surface area (Å²) >= 11 is 0. The summed E-state index contributed by atoms with van der Waals surface area (Å²) in [4.78, 5) is 28.7. The maximum absolute atomic E-state index is 10.4. The Hall–Kier alpha value is -2.72. The SMILES string of the molecule is CCCCCCCCCCCCCCCCCC(=O)O.N=C(N)NOC(=O)ONC(=N)N. The molecule has 0 saturated heterocycles. The van der Waals surface area contributed by atoms with Gasteiger partial charge in [0.05, 0.1) is 0 Å². The summed E-state index contributed by atoms with van der Waals surface area (Å²) in [5.74, 6) is -1.77. The number of hydrogen-bond donors (Lipinski definition) is 7. The first kappa shape index (κ1) is 31.5. The minimum Gasteiger partial charge on any atom is -0.481 e. The molecule has 0 aromatic heterocycles. The number of unbranched alkanes of at least 4 members (excludes halogenated alkanes) is 14. The zero-order valence-corrected chi connectivity index (χ0v) is 19.5. The van der Waals surface area contributed by atoms with Crippen molar-refractivity contribution in [2.45, 2.75) is 110 Å². The lowest BCUT2D eigenvalue weighted by Gasteiger charge is -2.04. The molecule has 0 bridgehead atoms. The van der Waals surface area contributed by atoms with E-state index in [1.165, 1.54) is 83.5 Å². The highest BCUT2D eigenvalue weighted by Crippen LogP contribution is 2.13. The predicted molar refractivity (Wildman–Crippen MR) is 125 cm³/mol. The van der Waals surface area contributed by atoms with Gasteiger partial charge in [0.25, 0.3) is 0 Å². The predicted octanol–water partition coefficient (Wildman–Crippen LogP) is 4.27. The number of carbonyl (C=O) groups excluding carboxylic acids is 1. The van der Waals surface area contributed by atoms with Gasteiger partial charge in [0.2, 0.25) is 11.9 Å². The average molecular weight is 461 g/mol. The number of hydroxylamine groups is 2. The highest BCUT2D eigenvalue weighted by molar-refractivity contribution is 5.76. The molecule has 11 nitrogen and oxygen atoms in total. The number of nitrogens with two attached hydrogens (primary N) is 2. The van der Waals surface area contributed by atoms with Gasteiger partial charge in [0.15, 0.2) is 0 Å². The number of nitrogens with one attached hydrogen (secondary N) is 4. The monoisotopic (exact) mass is 460 g/mol. The number of carbonyl (C=O) groups is 2. The Balaban J connectivity index is 0. The van der Waals surface area contributed by atoms with Crippen LogP contribution in [0.4, 0.5) is 4.79 Å². The molecule has 0 atom stereocenters. The summed E-state index contributed by atoms with van der Waals surface area (Å²) in [5, 5.41) is 21.6.